The monoisotopic (exact) mass is 888 g/mol. The van der Waals surface area contributed by atoms with E-state index in [4.69, 9.17) is 4.85 Å². The van der Waals surface area contributed by atoms with Crippen LogP contribution in [-0.4, -0.2) is 18.3 Å². The van der Waals surface area contributed by atoms with Crippen LogP contribution in [0.25, 0.3) is 136 Å². The van der Waals surface area contributed by atoms with Gasteiger partial charge in [0.2, 0.25) is 5.69 Å². The normalized spacial score (nSPS) is 12.0. The molecule has 0 radical (unpaired) electrons. The minimum atomic E-state index is 0.366. The zero-order chi connectivity index (χ0) is 46.2. The Hall–Kier alpha value is -9.88. The first-order valence-corrected chi connectivity index (χ1v) is 23.5. The number of fused-ring (bicyclic) bond motifs is 16. The SMILES string of the molecule is [C-]#[N+]c1c(-n2c3ccccc3c3ccccc32)c(C#N)c(-n2c3ccccc3c3ccc4ccccc4c32)c(-n2c3ccccc3c3ccccc32)c1-n1c2ccccc2c2ccc3ccccc3c21. The molecule has 0 spiro atoms. The van der Waals surface area contributed by atoms with Crippen LogP contribution in [0.2, 0.25) is 0 Å². The number of hydrogen-bond donors (Lipinski definition) is 0. The molecular formula is C64H36N6. The van der Waals surface area contributed by atoms with Crippen molar-refractivity contribution in [2.75, 3.05) is 0 Å². The van der Waals surface area contributed by atoms with Crippen LogP contribution in [0.5, 0.6) is 0 Å². The van der Waals surface area contributed by atoms with E-state index < -0.39 is 0 Å². The lowest BCUT2D eigenvalue weighted by Gasteiger charge is -2.27. The molecule has 0 aliphatic carbocycles. The summed E-state index contributed by atoms with van der Waals surface area (Å²) in [6, 6.07) is 79.8. The van der Waals surface area contributed by atoms with Crippen LogP contribution in [0.4, 0.5) is 5.69 Å². The summed E-state index contributed by atoms with van der Waals surface area (Å²) < 4.78 is 9.24. The first kappa shape index (κ1) is 38.2. The van der Waals surface area contributed by atoms with Crippen LogP contribution in [0.3, 0.4) is 0 Å². The molecule has 322 valence electrons. The highest BCUT2D eigenvalue weighted by Gasteiger charge is 2.35. The van der Waals surface area contributed by atoms with E-state index in [2.05, 4.69) is 231 Å². The van der Waals surface area contributed by atoms with Gasteiger partial charge in [0.05, 0.1) is 79.0 Å². The Morgan fingerprint density at radius 2 is 0.614 bits per heavy atom. The molecule has 70 heavy (non-hydrogen) atoms. The van der Waals surface area contributed by atoms with Gasteiger partial charge in [0.15, 0.2) is 0 Å². The quantitative estimate of drug-likeness (QED) is 0.162. The number of rotatable bonds is 4. The molecule has 4 heterocycles. The topological polar surface area (TPSA) is 47.9 Å². The summed E-state index contributed by atoms with van der Waals surface area (Å²) in [5.74, 6) is 0. The van der Waals surface area contributed by atoms with Gasteiger partial charge in [-0.2, -0.15) is 5.26 Å². The molecule has 15 aromatic rings. The molecule has 0 fully saturated rings. The van der Waals surface area contributed by atoms with Gasteiger partial charge >= 0.3 is 0 Å². The van der Waals surface area contributed by atoms with Crippen molar-refractivity contribution in [3.63, 3.8) is 0 Å². The molecule has 0 bridgehead atoms. The van der Waals surface area contributed by atoms with E-state index in [0.29, 0.717) is 28.3 Å². The van der Waals surface area contributed by atoms with Gasteiger partial charge in [0.25, 0.3) is 0 Å². The third-order valence-corrected chi connectivity index (χ3v) is 14.8. The van der Waals surface area contributed by atoms with Crippen molar-refractivity contribution in [2.24, 2.45) is 0 Å². The molecule has 6 nitrogen and oxygen atoms in total. The second-order valence-corrected chi connectivity index (χ2v) is 18.2. The molecule has 0 unspecified atom stereocenters. The summed E-state index contributed by atoms with van der Waals surface area (Å²) in [6.45, 7) is 9.73. The van der Waals surface area contributed by atoms with Gasteiger partial charge in [-0.05, 0) is 47.2 Å². The molecule has 0 N–H and O–H groups in total. The Morgan fingerprint density at radius 1 is 0.300 bits per heavy atom. The third kappa shape index (κ3) is 4.93. The van der Waals surface area contributed by atoms with Crippen LogP contribution in [-0.2, 0) is 0 Å². The molecule has 15 rings (SSSR count). The summed E-state index contributed by atoms with van der Waals surface area (Å²) >= 11 is 0. The van der Waals surface area contributed by atoms with Crippen molar-refractivity contribution in [3.8, 4) is 28.8 Å². The van der Waals surface area contributed by atoms with Gasteiger partial charge in [-0.25, -0.2) is 4.85 Å². The number of nitriles is 1. The van der Waals surface area contributed by atoms with Gasteiger partial charge in [0.1, 0.15) is 6.07 Å². The van der Waals surface area contributed by atoms with Crippen LogP contribution in [0.1, 0.15) is 5.56 Å². The van der Waals surface area contributed by atoms with Crippen molar-refractivity contribution in [2.45, 2.75) is 0 Å². The molecule has 6 heteroatoms. The van der Waals surface area contributed by atoms with E-state index in [1.807, 2.05) is 12.1 Å². The maximum Gasteiger partial charge on any atom is 0.237 e. The molecular weight excluding hydrogens is 853 g/mol. The van der Waals surface area contributed by atoms with E-state index in [1.165, 1.54) is 0 Å². The predicted molar refractivity (Wildman–Crippen MR) is 290 cm³/mol. The molecule has 0 saturated heterocycles. The van der Waals surface area contributed by atoms with E-state index in [1.54, 1.807) is 0 Å². The van der Waals surface area contributed by atoms with Gasteiger partial charge in [-0.3, -0.25) is 0 Å². The second-order valence-electron chi connectivity index (χ2n) is 18.2. The third-order valence-electron chi connectivity index (χ3n) is 14.8. The van der Waals surface area contributed by atoms with Crippen LogP contribution in [0.15, 0.2) is 218 Å². The standard InChI is InChI=1S/C64H36N6/c1-66-58-61(67-52-28-12-6-22-43(52)44-23-7-13-29-53(44)67)51(38-65)62(69-56-32-16-10-26-47(56)49-36-34-39-18-2-4-20-41(39)59(49)69)64(68-54-30-14-8-24-45(54)46-25-9-15-31-55(46)68)63(58)70-57-33-17-11-27-48(57)50-37-35-40-19-3-5-21-42(40)60(50)70/h2-37H. The average Bonchev–Trinajstić information content (AvgIpc) is 4.16. The van der Waals surface area contributed by atoms with E-state index in [9.17, 15) is 11.8 Å². The molecule has 11 aromatic carbocycles. The Labute approximate surface area is 400 Å². The fourth-order valence-electron chi connectivity index (χ4n) is 12.0. The number of benzene rings is 11. The highest BCUT2D eigenvalue weighted by molar-refractivity contribution is 6.22. The lowest BCUT2D eigenvalue weighted by atomic mass is 10.0. The minimum Gasteiger partial charge on any atom is -0.318 e. The van der Waals surface area contributed by atoms with Crippen molar-refractivity contribution in [1.29, 1.82) is 5.26 Å². The van der Waals surface area contributed by atoms with Gasteiger partial charge < -0.3 is 18.3 Å². The van der Waals surface area contributed by atoms with Crippen molar-refractivity contribution in [3.05, 3.63) is 235 Å². The second kappa shape index (κ2) is 14.3. The number of aromatic nitrogens is 4. The van der Waals surface area contributed by atoms with Crippen molar-refractivity contribution < 1.29 is 0 Å². The first-order valence-electron chi connectivity index (χ1n) is 23.5. The first-order chi connectivity index (χ1) is 34.7. The Morgan fingerprint density at radius 3 is 1.00 bits per heavy atom. The van der Waals surface area contributed by atoms with Crippen LogP contribution >= 0.6 is 0 Å². The highest BCUT2D eigenvalue weighted by atomic mass is 15.1. The average molecular weight is 889 g/mol. The summed E-state index contributed by atoms with van der Waals surface area (Å²) in [4.78, 5) is 4.76. The van der Waals surface area contributed by atoms with Gasteiger partial charge in [-0.1, -0.05) is 182 Å². The Bertz CT molecular complexity index is 4570. The molecule has 0 atom stereocenters. The molecule has 0 aliphatic heterocycles. The van der Waals surface area contributed by atoms with E-state index in [0.717, 1.165) is 114 Å². The number of para-hydroxylation sites is 6. The van der Waals surface area contributed by atoms with Gasteiger partial charge in [0, 0.05) is 53.9 Å². The lowest BCUT2D eigenvalue weighted by molar-refractivity contribution is 1.04. The fraction of sp³-hybridized carbons (Fsp3) is 0. The number of hydrogen-bond acceptors (Lipinski definition) is 1. The predicted octanol–water partition coefficient (Wildman–Crippen LogP) is 16.8. The summed E-state index contributed by atoms with van der Waals surface area (Å²) in [6.07, 6.45) is 0. The number of nitrogens with zero attached hydrogens (tertiary/aromatic N) is 6. The zero-order valence-electron chi connectivity index (χ0n) is 37.5. The molecule has 4 aromatic heterocycles. The molecule has 0 amide bonds. The van der Waals surface area contributed by atoms with E-state index >= 15 is 0 Å². The maximum atomic E-state index is 12.5. The molecule has 0 aliphatic rings. The fourth-order valence-corrected chi connectivity index (χ4v) is 12.0. The summed E-state index contributed by atoms with van der Waals surface area (Å²) in [5, 5.41) is 25.3. The largest absolute Gasteiger partial charge is 0.318 e. The van der Waals surface area contributed by atoms with Crippen molar-refractivity contribution >= 4 is 114 Å². The van der Waals surface area contributed by atoms with Crippen molar-refractivity contribution in [1.82, 2.24) is 18.3 Å². The smallest absolute Gasteiger partial charge is 0.237 e. The molecule has 0 saturated carbocycles. The Balaban J connectivity index is 1.32. The van der Waals surface area contributed by atoms with Crippen LogP contribution < -0.4 is 0 Å². The highest BCUT2D eigenvalue weighted by Crippen LogP contribution is 2.52. The summed E-state index contributed by atoms with van der Waals surface area (Å²) in [7, 11) is 0. The van der Waals surface area contributed by atoms with E-state index in [-0.39, 0.29) is 0 Å². The lowest BCUT2D eigenvalue weighted by Crippen LogP contribution is -2.14. The zero-order valence-corrected chi connectivity index (χ0v) is 37.5. The Kier molecular flexibility index (Phi) is 7.82. The minimum absolute atomic E-state index is 0.366. The summed E-state index contributed by atoms with van der Waals surface area (Å²) in [5.41, 5.74) is 11.0. The maximum absolute atomic E-state index is 12.5. The van der Waals surface area contributed by atoms with Gasteiger partial charge in [-0.15, -0.1) is 0 Å². The van der Waals surface area contributed by atoms with Crippen LogP contribution in [0, 0.1) is 17.9 Å².